The Labute approximate surface area is 155 Å². The molecule has 22 heavy (non-hydrogen) atoms. The van der Waals surface area contributed by atoms with Crippen LogP contribution in [0.1, 0.15) is 11.1 Å². The van der Waals surface area contributed by atoms with E-state index in [9.17, 15) is 23.2 Å². The summed E-state index contributed by atoms with van der Waals surface area (Å²) in [6.07, 6.45) is 0. The molecule has 0 aliphatic carbocycles. The Morgan fingerprint density at radius 2 is 1.68 bits per heavy atom. The number of hydrogen-bond acceptors (Lipinski definition) is 6. The van der Waals surface area contributed by atoms with Crippen LogP contribution in [0.15, 0.2) is 47.4 Å². The van der Waals surface area contributed by atoms with E-state index < -0.39 is 15.9 Å². The molecule has 0 saturated heterocycles. The second-order valence-corrected chi connectivity index (χ2v) is 6.90. The molecule has 2 aromatic carbocycles. The first kappa shape index (κ1) is 19.3. The molecule has 112 valence electrons. The largest absolute Gasteiger partial charge is 1.00 e. The molecule has 0 aliphatic rings. The number of hydrogen-bond donors (Lipinski definition) is 2. The number of benzene rings is 2. The summed E-state index contributed by atoms with van der Waals surface area (Å²) >= 11 is 1.51. The molecule has 0 heterocycles. The molecule has 0 aromatic heterocycles. The Morgan fingerprint density at radius 3 is 2.23 bits per heavy atom. The van der Waals surface area contributed by atoms with E-state index in [2.05, 4.69) is 0 Å². The van der Waals surface area contributed by atoms with Crippen molar-refractivity contribution in [3.05, 3.63) is 53.6 Å². The summed E-state index contributed by atoms with van der Waals surface area (Å²) in [5.41, 5.74) is 0.904. The topological polar surface area (TPSA) is 97.7 Å². The zero-order valence-corrected chi connectivity index (χ0v) is 15.5. The summed E-state index contributed by atoms with van der Waals surface area (Å²) in [4.78, 5) is 0.957. The molecule has 2 N–H and O–H groups in total. The predicted octanol–water partition coefficient (Wildman–Crippen LogP) is -0.561. The van der Waals surface area contributed by atoms with Crippen molar-refractivity contribution in [2.45, 2.75) is 16.4 Å². The van der Waals surface area contributed by atoms with Gasteiger partial charge in [0.2, 0.25) is 0 Å². The van der Waals surface area contributed by atoms with Crippen molar-refractivity contribution in [1.82, 2.24) is 0 Å². The molecule has 0 spiro atoms. The number of phenolic OH excluding ortho intramolecular Hbond substituents is 2. The van der Waals surface area contributed by atoms with Crippen LogP contribution in [0.2, 0.25) is 0 Å². The Hall–Kier alpha value is -0.700. The van der Waals surface area contributed by atoms with Crippen LogP contribution in [0.5, 0.6) is 11.5 Å². The molecule has 8 heteroatoms. The summed E-state index contributed by atoms with van der Waals surface area (Å²) in [5.74, 6) is -0.147. The Balaban J connectivity index is 0.00000242. The number of aromatic hydroxyl groups is 2. The molecule has 0 unspecified atom stereocenters. The van der Waals surface area contributed by atoms with E-state index in [4.69, 9.17) is 0 Å². The van der Waals surface area contributed by atoms with Gasteiger partial charge in [-0.05, 0) is 35.9 Å². The van der Waals surface area contributed by atoms with Crippen LogP contribution in [-0.4, -0.2) is 23.2 Å². The van der Waals surface area contributed by atoms with Gasteiger partial charge in [0.05, 0.1) is 15.9 Å². The van der Waals surface area contributed by atoms with Crippen LogP contribution in [0.4, 0.5) is 0 Å². The van der Waals surface area contributed by atoms with E-state index in [1.807, 2.05) is 0 Å². The van der Waals surface area contributed by atoms with Gasteiger partial charge in [-0.1, -0.05) is 12.1 Å². The fourth-order valence-corrected chi connectivity index (χ4v) is 3.19. The average molecular weight is 348 g/mol. The molecular weight excluding hydrogens is 335 g/mol. The third kappa shape index (κ3) is 6.20. The van der Waals surface area contributed by atoms with E-state index in [-0.39, 0.29) is 46.6 Å². The van der Waals surface area contributed by atoms with Gasteiger partial charge in [0.25, 0.3) is 0 Å². The maximum atomic E-state index is 10.7. The van der Waals surface area contributed by atoms with E-state index in [0.717, 1.165) is 10.5 Å². The minimum Gasteiger partial charge on any atom is -0.748 e. The zero-order valence-electron chi connectivity index (χ0n) is 11.9. The Bertz CT molecular complexity index is 729. The molecule has 0 radical (unpaired) electrons. The van der Waals surface area contributed by atoms with Crippen LogP contribution < -0.4 is 29.6 Å². The van der Waals surface area contributed by atoms with Gasteiger partial charge in [-0.2, -0.15) is 0 Å². The molecule has 0 atom stereocenters. The first-order valence-corrected chi connectivity index (χ1v) is 8.56. The molecule has 0 aliphatic heterocycles. The zero-order chi connectivity index (χ0) is 15.5. The van der Waals surface area contributed by atoms with Gasteiger partial charge < -0.3 is 14.8 Å². The maximum absolute atomic E-state index is 10.7. The smallest absolute Gasteiger partial charge is 0.748 e. The minimum atomic E-state index is -4.41. The standard InChI is InChI=1S/C14H14O5S2.Na/c15-12-3-5-13(6-4-12)20-8-10-1-2-11(14(16)7-10)9-21(17,18)19;/h1-7,15-16H,8-9H2,(H,17,18,19);/q;+1/p-1. The predicted molar refractivity (Wildman–Crippen MR) is 79.2 cm³/mol. The van der Waals surface area contributed by atoms with Crippen LogP contribution >= 0.6 is 11.8 Å². The van der Waals surface area contributed by atoms with Gasteiger partial charge in [0, 0.05) is 16.2 Å². The van der Waals surface area contributed by atoms with Gasteiger partial charge in [-0.3, -0.25) is 0 Å². The van der Waals surface area contributed by atoms with Crippen molar-refractivity contribution in [2.75, 3.05) is 0 Å². The van der Waals surface area contributed by atoms with E-state index in [1.165, 1.54) is 23.9 Å². The number of rotatable bonds is 5. The second-order valence-electron chi connectivity index (χ2n) is 4.45. The minimum absolute atomic E-state index is 0. The van der Waals surface area contributed by atoms with Crippen molar-refractivity contribution in [3.63, 3.8) is 0 Å². The van der Waals surface area contributed by atoms with Gasteiger partial charge in [-0.15, -0.1) is 11.8 Å². The monoisotopic (exact) mass is 348 g/mol. The van der Waals surface area contributed by atoms with Crippen molar-refractivity contribution in [1.29, 1.82) is 0 Å². The average Bonchev–Trinajstić information content (AvgIpc) is 2.40. The van der Waals surface area contributed by atoms with Crippen LogP contribution in [0.25, 0.3) is 0 Å². The molecule has 2 rings (SSSR count). The molecule has 0 saturated carbocycles. The fourth-order valence-electron chi connectivity index (χ4n) is 1.72. The first-order valence-electron chi connectivity index (χ1n) is 6.00. The molecule has 2 aromatic rings. The van der Waals surface area contributed by atoms with Crippen LogP contribution in [0.3, 0.4) is 0 Å². The molecule has 0 bridgehead atoms. The molecule has 5 nitrogen and oxygen atoms in total. The summed E-state index contributed by atoms with van der Waals surface area (Å²) in [7, 11) is -4.41. The fraction of sp³-hybridized carbons (Fsp3) is 0.143. The first-order chi connectivity index (χ1) is 9.83. The third-order valence-corrected chi connectivity index (χ3v) is 4.47. The van der Waals surface area contributed by atoms with Crippen molar-refractivity contribution in [2.24, 2.45) is 0 Å². The van der Waals surface area contributed by atoms with Crippen LogP contribution in [0, 0.1) is 0 Å². The molecule has 0 amide bonds. The SMILES string of the molecule is O=S(=O)([O-])Cc1ccc(CSc2ccc(O)cc2)cc1O.[Na+]. The molecule has 0 fully saturated rings. The van der Waals surface area contributed by atoms with E-state index in [1.54, 1.807) is 30.3 Å². The van der Waals surface area contributed by atoms with E-state index in [0.29, 0.717) is 5.75 Å². The number of thioether (sulfide) groups is 1. The van der Waals surface area contributed by atoms with Crippen molar-refractivity contribution in [3.8, 4) is 11.5 Å². The summed E-state index contributed by atoms with van der Waals surface area (Å²) in [5, 5.41) is 18.9. The Morgan fingerprint density at radius 1 is 1.05 bits per heavy atom. The van der Waals surface area contributed by atoms with Crippen molar-refractivity contribution < 1.29 is 52.7 Å². The van der Waals surface area contributed by atoms with Gasteiger partial charge in [0.15, 0.2) is 0 Å². The summed E-state index contributed by atoms with van der Waals surface area (Å²) in [6, 6.07) is 11.3. The quantitative estimate of drug-likeness (QED) is 0.427. The second kappa shape index (κ2) is 8.24. The summed E-state index contributed by atoms with van der Waals surface area (Å²) < 4.78 is 32.1. The third-order valence-electron chi connectivity index (χ3n) is 2.72. The maximum Gasteiger partial charge on any atom is 1.00 e. The Kier molecular flexibility index (Phi) is 7.24. The number of phenols is 2. The van der Waals surface area contributed by atoms with Gasteiger partial charge in [0.1, 0.15) is 11.5 Å². The summed E-state index contributed by atoms with van der Waals surface area (Å²) in [6.45, 7) is 0. The van der Waals surface area contributed by atoms with Crippen molar-refractivity contribution >= 4 is 21.9 Å². The molecular formula is C14H13NaO5S2. The normalized spacial score (nSPS) is 11.0. The van der Waals surface area contributed by atoms with Gasteiger partial charge >= 0.3 is 29.6 Å². The van der Waals surface area contributed by atoms with E-state index >= 15 is 0 Å². The van der Waals surface area contributed by atoms with Gasteiger partial charge in [-0.25, -0.2) is 8.42 Å². The van der Waals surface area contributed by atoms with Crippen LogP contribution in [-0.2, 0) is 21.6 Å².